The van der Waals surface area contributed by atoms with Gasteiger partial charge in [-0.2, -0.15) is 0 Å². The number of carbonyl (C=O) groups is 2. The number of thiazole rings is 1. The van der Waals surface area contributed by atoms with Gasteiger partial charge in [-0.1, -0.05) is 55.4 Å². The molecule has 0 radical (unpaired) electrons. The van der Waals surface area contributed by atoms with Crippen LogP contribution in [0.2, 0.25) is 0 Å². The number of rotatable bonds is 17. The van der Waals surface area contributed by atoms with Crippen molar-refractivity contribution in [3.05, 3.63) is 102 Å². The topological polar surface area (TPSA) is 245 Å². The molecule has 6 N–H and O–H groups in total. The highest BCUT2D eigenvalue weighted by atomic mass is 32.1. The van der Waals surface area contributed by atoms with Gasteiger partial charge >= 0.3 is 0 Å². The number of pyridine rings is 1. The lowest BCUT2D eigenvalue weighted by molar-refractivity contribution is -0.141. The highest BCUT2D eigenvalue weighted by molar-refractivity contribution is 7.13. The number of fused-ring (bicyclic) bond motifs is 2. The van der Waals surface area contributed by atoms with E-state index in [1.54, 1.807) is 23.5 Å². The highest BCUT2D eigenvalue weighted by Gasteiger charge is 2.45. The Morgan fingerprint density at radius 2 is 1.61 bits per heavy atom. The van der Waals surface area contributed by atoms with E-state index in [2.05, 4.69) is 62.4 Å². The number of carbonyl (C=O) groups excluding carboxylic acids is 2. The van der Waals surface area contributed by atoms with Crippen molar-refractivity contribution in [2.45, 2.75) is 146 Å². The molecule has 1 saturated carbocycles. The number of benzene rings is 2. The fraction of sp³-hybridized carbons (Fsp3) is 0.525. The van der Waals surface area contributed by atoms with E-state index in [1.165, 1.54) is 4.90 Å². The molecule has 2 amide bonds. The van der Waals surface area contributed by atoms with Crippen molar-refractivity contribution >= 4 is 46.2 Å². The van der Waals surface area contributed by atoms with Crippen LogP contribution in [0.1, 0.15) is 108 Å². The number of piperidine rings is 2. The molecule has 5 aliphatic heterocycles. The molecule has 2 bridgehead atoms. The highest BCUT2D eigenvalue weighted by Crippen LogP contribution is 2.41. The Labute approximate surface area is 482 Å². The Hall–Kier alpha value is -6.91. The number of β-amino-alcohol motifs (C(OH)–C–C–N with tert-alkyl or cyclic N) is 2. The number of nitrogens with two attached hydrogens (primary N) is 1. The molecule has 21 heteroatoms. The van der Waals surface area contributed by atoms with Crippen molar-refractivity contribution in [3.63, 3.8) is 0 Å². The third-order valence-corrected chi connectivity index (χ3v) is 19.0. The van der Waals surface area contributed by atoms with Gasteiger partial charge in [0.2, 0.25) is 17.7 Å². The molecule has 6 aromatic rings. The zero-order chi connectivity index (χ0) is 56.8. The molecule has 6 aliphatic rings. The first-order chi connectivity index (χ1) is 39.6. The van der Waals surface area contributed by atoms with E-state index in [4.69, 9.17) is 19.7 Å². The zero-order valence-corrected chi connectivity index (χ0v) is 48.0. The monoisotopic (exact) mass is 1140 g/mol. The average Bonchev–Trinajstić information content (AvgIpc) is 4.17. The number of amides is 2. The molecular formula is C61H76N12O8S. The van der Waals surface area contributed by atoms with Gasteiger partial charge < -0.3 is 64.9 Å². The maximum atomic E-state index is 14.4. The van der Waals surface area contributed by atoms with Gasteiger partial charge in [0.15, 0.2) is 17.4 Å². The van der Waals surface area contributed by atoms with E-state index < -0.39 is 23.7 Å². The maximum absolute atomic E-state index is 14.4. The smallest absolute Gasteiger partial charge is 0.243 e. The summed E-state index contributed by atoms with van der Waals surface area (Å²) in [5.74, 6) is 0.739. The van der Waals surface area contributed by atoms with Gasteiger partial charge in [-0.05, 0) is 93.7 Å². The fourth-order valence-corrected chi connectivity index (χ4v) is 14.2. The molecule has 0 spiro atoms. The summed E-state index contributed by atoms with van der Waals surface area (Å²) in [6.45, 7) is 12.9. The second-order valence-electron chi connectivity index (χ2n) is 24.0. The fourth-order valence-electron chi connectivity index (χ4n) is 13.4. The lowest BCUT2D eigenvalue weighted by Gasteiger charge is -2.44. The van der Waals surface area contributed by atoms with Crippen LogP contribution in [0.25, 0.3) is 21.7 Å². The number of ether oxygens (including phenoxy) is 2. The van der Waals surface area contributed by atoms with Crippen LogP contribution in [0.15, 0.2) is 89.0 Å². The Morgan fingerprint density at radius 1 is 0.866 bits per heavy atom. The number of phenols is 1. The lowest BCUT2D eigenvalue weighted by Crippen LogP contribution is -2.54. The number of likely N-dealkylation sites (tertiary alicyclic amines) is 2. The average molecular weight is 1140 g/mol. The normalized spacial score (nSPS) is 24.6. The molecule has 5 saturated heterocycles. The maximum Gasteiger partial charge on any atom is 0.243 e. The van der Waals surface area contributed by atoms with Crippen LogP contribution in [0.4, 0.5) is 23.0 Å². The summed E-state index contributed by atoms with van der Waals surface area (Å²) in [6.07, 6.45) is 8.26. The summed E-state index contributed by atoms with van der Waals surface area (Å²) >= 11 is 1.59. The molecule has 6 atom stereocenters. The summed E-state index contributed by atoms with van der Waals surface area (Å²) in [7, 11) is 0. The summed E-state index contributed by atoms with van der Waals surface area (Å²) in [5, 5.41) is 49.2. The van der Waals surface area contributed by atoms with Gasteiger partial charge in [-0.3, -0.25) is 9.59 Å². The van der Waals surface area contributed by atoms with Gasteiger partial charge in [0.05, 0.1) is 57.4 Å². The Kier molecular flexibility index (Phi) is 15.9. The lowest BCUT2D eigenvalue weighted by atomic mass is 9.89. The van der Waals surface area contributed by atoms with Crippen molar-refractivity contribution in [2.75, 3.05) is 72.8 Å². The number of aryl methyl sites for hydroxylation is 1. The molecule has 20 nitrogen and oxygen atoms in total. The minimum Gasteiger partial charge on any atom is -0.507 e. The van der Waals surface area contributed by atoms with E-state index in [1.807, 2.05) is 87.9 Å². The van der Waals surface area contributed by atoms with Crippen molar-refractivity contribution in [1.29, 1.82) is 0 Å². The number of hydrogen-bond donors (Lipinski definition) is 5. The summed E-state index contributed by atoms with van der Waals surface area (Å²) in [6, 6.07) is 22.5. The molecule has 1 aliphatic carbocycles. The number of piperazine rings is 1. The van der Waals surface area contributed by atoms with Crippen molar-refractivity contribution in [1.82, 2.24) is 40.4 Å². The predicted octanol–water partition coefficient (Wildman–Crippen LogP) is 7.11. The van der Waals surface area contributed by atoms with Crippen LogP contribution in [-0.2, 0) is 14.3 Å². The number of aliphatic hydroxyl groups is 2. The van der Waals surface area contributed by atoms with E-state index in [0.717, 1.165) is 97.8 Å². The molecule has 4 aromatic heterocycles. The number of anilines is 4. The van der Waals surface area contributed by atoms with Gasteiger partial charge in [0.25, 0.3) is 0 Å². The third-order valence-electron chi connectivity index (χ3n) is 18.0. The Morgan fingerprint density at radius 3 is 2.32 bits per heavy atom. The number of hydrogen-bond acceptors (Lipinski definition) is 19. The first-order valence-corrected chi connectivity index (χ1v) is 30.2. The molecule has 82 heavy (non-hydrogen) atoms. The number of para-hydroxylation sites is 1. The van der Waals surface area contributed by atoms with Crippen LogP contribution >= 0.6 is 11.3 Å². The first-order valence-electron chi connectivity index (χ1n) is 29.3. The quantitative estimate of drug-likeness (QED) is 0.0611. The molecule has 6 fully saturated rings. The number of nitrogen functional groups attached to an aromatic ring is 1. The minimum absolute atomic E-state index is 0.0484. The van der Waals surface area contributed by atoms with E-state index in [0.29, 0.717) is 67.0 Å². The van der Waals surface area contributed by atoms with Gasteiger partial charge in [0, 0.05) is 113 Å². The van der Waals surface area contributed by atoms with Crippen LogP contribution < -0.4 is 30.5 Å². The third kappa shape index (κ3) is 11.7. The molecule has 2 aromatic carbocycles. The predicted molar refractivity (Wildman–Crippen MR) is 313 cm³/mol. The second-order valence-corrected chi connectivity index (χ2v) is 24.9. The van der Waals surface area contributed by atoms with Crippen molar-refractivity contribution in [3.8, 4) is 33.3 Å². The number of aromatic nitrogens is 5. The Balaban J connectivity index is 0.572. The largest absolute Gasteiger partial charge is 0.507 e. The zero-order valence-electron chi connectivity index (χ0n) is 47.2. The molecular weight excluding hydrogens is 1060 g/mol. The van der Waals surface area contributed by atoms with Crippen LogP contribution in [0.3, 0.4) is 0 Å². The summed E-state index contributed by atoms with van der Waals surface area (Å²) in [5.41, 5.74) is 13.5. The number of aromatic hydroxyl groups is 1. The van der Waals surface area contributed by atoms with Crippen molar-refractivity contribution < 1.29 is 38.9 Å². The van der Waals surface area contributed by atoms with Gasteiger partial charge in [-0.25, -0.2) is 9.97 Å². The molecule has 9 heterocycles. The number of nitrogens with zero attached hydrogens (tertiary/aromatic N) is 10. The molecule has 12 rings (SSSR count). The molecule has 434 valence electrons. The number of phenolic OH excluding ortho intramolecular Hbond substituents is 1. The number of aliphatic hydroxyl groups excluding tert-OH is 1. The van der Waals surface area contributed by atoms with Gasteiger partial charge in [-0.15, -0.1) is 21.5 Å². The van der Waals surface area contributed by atoms with Crippen LogP contribution in [0, 0.1) is 12.8 Å². The standard InChI is InChI=1S/C61H76N12O8S/c1-36(2)56(60(77)72-33-44(74)26-51(72)59(76)65-37(3)39-9-11-40(12-10-39)57-38(4)64-35-82-57)53-30-54(68-81-53)70-23-18-61(78,19-24-70)34-69-21-16-45(17-22-69)79-46-27-47(28-46)80-55-25-41(15-20-63-55)73-42-13-14-43(73)32-71(31-42)50-29-49(66-67-58(50)62)48-7-5-6-8-52(48)75/h5-12,15,20,25,29-30,35-37,42-47,51,56,74-75,78H,13-14,16-19,21-24,26-28,31-34H2,1-4H3,(H2,62,67)(H,65,76)/t37-,42?,43?,44+,46?,47?,51-,56+/m0/s1. The van der Waals surface area contributed by atoms with Gasteiger partial charge in [0.1, 0.15) is 23.8 Å². The Bertz CT molecular complexity index is 3200. The molecule has 2 unspecified atom stereocenters. The number of nitrogens with one attached hydrogen (secondary N) is 1. The van der Waals surface area contributed by atoms with E-state index in [9.17, 15) is 24.9 Å². The SMILES string of the molecule is Cc1ncsc1-c1ccc([C@H](C)NC(=O)[C@@H]2C[C@@H](O)CN2C(=O)[C@@H](c2cc(N3CCC(O)(CN4CCC(OC5CC(Oc6cc(N7C8CCC7CN(c7cc(-c9ccccc9O)nnc7N)C8)ccn6)C5)CC4)CC3)no2)C(C)C)cc1. The summed E-state index contributed by atoms with van der Waals surface area (Å²) in [4.78, 5) is 49.1. The van der Waals surface area contributed by atoms with E-state index in [-0.39, 0.29) is 72.9 Å². The van der Waals surface area contributed by atoms with Crippen molar-refractivity contribution in [2.24, 2.45) is 5.92 Å². The second kappa shape index (κ2) is 23.4. The van der Waals surface area contributed by atoms with Crippen LogP contribution in [-0.4, -0.2) is 163 Å². The summed E-state index contributed by atoms with van der Waals surface area (Å²) < 4.78 is 19.0. The van der Waals surface area contributed by atoms with E-state index >= 15 is 0 Å². The first kappa shape index (κ1) is 55.6. The van der Waals surface area contributed by atoms with Crippen LogP contribution in [0.5, 0.6) is 11.6 Å². The minimum atomic E-state index is -0.842.